The summed E-state index contributed by atoms with van der Waals surface area (Å²) in [5.74, 6) is -0.0354. The number of hydrogen-bond donors (Lipinski definition) is 0. The van der Waals surface area contributed by atoms with Crippen LogP contribution in [0.4, 0.5) is 4.39 Å². The fourth-order valence-corrected chi connectivity index (χ4v) is 5.66. The molecule has 8 nitrogen and oxygen atoms in total. The highest BCUT2D eigenvalue weighted by molar-refractivity contribution is 7.10. The monoisotopic (exact) mass is 527 g/mol. The van der Waals surface area contributed by atoms with Crippen molar-refractivity contribution in [2.75, 3.05) is 59.1 Å². The lowest BCUT2D eigenvalue weighted by Crippen LogP contribution is -2.49. The summed E-state index contributed by atoms with van der Waals surface area (Å²) in [5, 5.41) is 2.03. The van der Waals surface area contributed by atoms with Crippen molar-refractivity contribution in [1.29, 1.82) is 0 Å². The van der Waals surface area contributed by atoms with E-state index in [0.717, 1.165) is 25.1 Å². The number of benzene rings is 1. The molecule has 5 rings (SSSR count). The highest BCUT2D eigenvalue weighted by Gasteiger charge is 2.34. The maximum atomic E-state index is 13.7. The minimum Gasteiger partial charge on any atom is -0.491 e. The van der Waals surface area contributed by atoms with E-state index in [0.29, 0.717) is 38.6 Å². The van der Waals surface area contributed by atoms with Crippen molar-refractivity contribution in [2.45, 2.75) is 12.5 Å². The minimum absolute atomic E-state index is 0.0591. The summed E-state index contributed by atoms with van der Waals surface area (Å²) in [4.78, 5) is 33.8. The van der Waals surface area contributed by atoms with E-state index in [4.69, 9.17) is 13.9 Å². The highest BCUT2D eigenvalue weighted by atomic mass is 32.1. The second-order valence-electron chi connectivity index (χ2n) is 9.07. The lowest BCUT2D eigenvalue weighted by atomic mass is 10.0. The molecule has 3 aromatic rings. The maximum absolute atomic E-state index is 13.7. The van der Waals surface area contributed by atoms with Gasteiger partial charge in [-0.2, -0.15) is 0 Å². The van der Waals surface area contributed by atoms with Gasteiger partial charge in [-0.3, -0.25) is 14.5 Å². The van der Waals surface area contributed by atoms with Gasteiger partial charge in [-0.05, 0) is 59.8 Å². The number of fused-ring (bicyclic) bond motifs is 1. The first-order valence-electron chi connectivity index (χ1n) is 12.5. The topological polar surface area (TPSA) is 75.5 Å². The van der Waals surface area contributed by atoms with E-state index < -0.39 is 0 Å². The Bertz CT molecular complexity index is 1180. The van der Waals surface area contributed by atoms with Gasteiger partial charge in [0.2, 0.25) is 5.91 Å². The van der Waals surface area contributed by atoms with Gasteiger partial charge in [-0.1, -0.05) is 0 Å². The van der Waals surface area contributed by atoms with E-state index >= 15 is 0 Å². The van der Waals surface area contributed by atoms with Crippen LogP contribution in [0.5, 0.6) is 5.75 Å². The van der Waals surface area contributed by atoms with Gasteiger partial charge < -0.3 is 23.7 Å². The molecule has 0 saturated carbocycles. The standard InChI is InChI=1S/C27H30FN3O5S/c28-20-3-5-21(6-4-20)36-19-23-22-8-17-37-25(22)7-9-31(23)26(32)18-30(27(33)24-2-1-14-35-24)11-10-29-12-15-34-16-13-29/h1-6,8,14,17,23H,7,9-13,15-16,18-19H2. The number of thiophene rings is 1. The highest BCUT2D eigenvalue weighted by Crippen LogP contribution is 2.34. The molecular weight excluding hydrogens is 497 g/mol. The molecule has 1 atom stereocenters. The van der Waals surface area contributed by atoms with Crippen LogP contribution in [0.3, 0.4) is 0 Å². The molecule has 2 amide bonds. The van der Waals surface area contributed by atoms with Crippen LogP contribution >= 0.6 is 11.3 Å². The molecule has 0 aliphatic carbocycles. The van der Waals surface area contributed by atoms with Crippen LogP contribution in [0.1, 0.15) is 27.0 Å². The van der Waals surface area contributed by atoms with E-state index in [1.54, 1.807) is 45.4 Å². The molecule has 2 aliphatic rings. The summed E-state index contributed by atoms with van der Waals surface area (Å²) in [7, 11) is 0. The Kier molecular flexibility index (Phi) is 8.18. The van der Waals surface area contributed by atoms with Crippen LogP contribution in [0.25, 0.3) is 0 Å². The van der Waals surface area contributed by atoms with Crippen molar-refractivity contribution in [3.63, 3.8) is 0 Å². The predicted molar refractivity (Wildman–Crippen MR) is 136 cm³/mol. The Morgan fingerprint density at radius 2 is 1.92 bits per heavy atom. The lowest BCUT2D eigenvalue weighted by Gasteiger charge is -2.37. The van der Waals surface area contributed by atoms with E-state index in [9.17, 15) is 14.0 Å². The summed E-state index contributed by atoms with van der Waals surface area (Å²) >= 11 is 1.67. The molecule has 0 spiro atoms. The summed E-state index contributed by atoms with van der Waals surface area (Å²) < 4.78 is 30.1. The lowest BCUT2D eigenvalue weighted by molar-refractivity contribution is -0.135. The Hall–Kier alpha value is -3.21. The smallest absolute Gasteiger partial charge is 0.290 e. The average molecular weight is 528 g/mol. The third-order valence-electron chi connectivity index (χ3n) is 6.77. The van der Waals surface area contributed by atoms with Crippen molar-refractivity contribution in [3.8, 4) is 5.75 Å². The summed E-state index contributed by atoms with van der Waals surface area (Å²) in [5.41, 5.74) is 1.06. The van der Waals surface area contributed by atoms with Crippen molar-refractivity contribution in [2.24, 2.45) is 0 Å². The predicted octanol–water partition coefficient (Wildman–Crippen LogP) is 3.46. The Morgan fingerprint density at radius 3 is 2.68 bits per heavy atom. The number of morpholine rings is 1. The largest absolute Gasteiger partial charge is 0.491 e. The Balaban J connectivity index is 1.30. The van der Waals surface area contributed by atoms with Gasteiger partial charge in [0.15, 0.2) is 5.76 Å². The normalized spacial score (nSPS) is 17.9. The van der Waals surface area contributed by atoms with Crippen molar-refractivity contribution in [1.82, 2.24) is 14.7 Å². The van der Waals surface area contributed by atoms with Crippen LogP contribution in [-0.2, 0) is 16.0 Å². The number of carbonyl (C=O) groups is 2. The number of ether oxygens (including phenoxy) is 2. The average Bonchev–Trinajstić information content (AvgIpc) is 3.63. The second-order valence-corrected chi connectivity index (χ2v) is 10.1. The second kappa shape index (κ2) is 11.9. The maximum Gasteiger partial charge on any atom is 0.290 e. The van der Waals surface area contributed by atoms with Gasteiger partial charge >= 0.3 is 0 Å². The van der Waals surface area contributed by atoms with Gasteiger partial charge in [0.25, 0.3) is 5.91 Å². The molecular formula is C27H30FN3O5S. The van der Waals surface area contributed by atoms with Crippen molar-refractivity contribution < 1.29 is 27.9 Å². The zero-order chi connectivity index (χ0) is 25.6. The molecule has 10 heteroatoms. The summed E-state index contributed by atoms with van der Waals surface area (Å²) in [6.45, 7) is 4.69. The first-order chi connectivity index (χ1) is 18.1. The van der Waals surface area contributed by atoms with Gasteiger partial charge in [-0.15, -0.1) is 11.3 Å². The molecule has 0 bridgehead atoms. The Morgan fingerprint density at radius 1 is 1.11 bits per heavy atom. The Labute approximate surface area is 219 Å². The van der Waals surface area contributed by atoms with E-state index in [-0.39, 0.29) is 42.6 Å². The molecule has 4 heterocycles. The molecule has 37 heavy (non-hydrogen) atoms. The molecule has 2 aliphatic heterocycles. The van der Waals surface area contributed by atoms with Gasteiger partial charge in [0.1, 0.15) is 24.7 Å². The van der Waals surface area contributed by atoms with E-state index in [1.807, 2.05) is 11.4 Å². The fourth-order valence-electron chi connectivity index (χ4n) is 4.73. The summed E-state index contributed by atoms with van der Waals surface area (Å²) in [6, 6.07) is 10.9. The number of nitrogens with zero attached hydrogens (tertiary/aromatic N) is 3. The van der Waals surface area contributed by atoms with Crippen LogP contribution in [0.15, 0.2) is 58.5 Å². The first-order valence-corrected chi connectivity index (χ1v) is 13.3. The number of halogens is 1. The molecule has 1 saturated heterocycles. The molecule has 1 fully saturated rings. The zero-order valence-corrected chi connectivity index (χ0v) is 21.3. The number of furan rings is 1. The van der Waals surface area contributed by atoms with Gasteiger partial charge in [0.05, 0.1) is 25.5 Å². The van der Waals surface area contributed by atoms with Crippen molar-refractivity contribution >= 4 is 23.2 Å². The number of hydrogen-bond acceptors (Lipinski definition) is 7. The first kappa shape index (κ1) is 25.4. The summed E-state index contributed by atoms with van der Waals surface area (Å²) in [6.07, 6.45) is 2.21. The van der Waals surface area contributed by atoms with Gasteiger partial charge in [-0.25, -0.2) is 4.39 Å². The number of amides is 2. The van der Waals surface area contributed by atoms with Crippen molar-refractivity contribution in [3.05, 3.63) is 76.1 Å². The molecule has 1 aromatic carbocycles. The van der Waals surface area contributed by atoms with E-state index in [2.05, 4.69) is 4.90 Å². The molecule has 196 valence electrons. The van der Waals surface area contributed by atoms with Crippen LogP contribution < -0.4 is 4.74 Å². The zero-order valence-electron chi connectivity index (χ0n) is 20.5. The molecule has 1 unspecified atom stereocenters. The molecule has 0 N–H and O–H groups in total. The number of carbonyl (C=O) groups excluding carboxylic acids is 2. The molecule has 2 aromatic heterocycles. The minimum atomic E-state index is -0.333. The van der Waals surface area contributed by atoms with Crippen LogP contribution in [0, 0.1) is 5.82 Å². The number of rotatable bonds is 9. The van der Waals surface area contributed by atoms with E-state index in [1.165, 1.54) is 23.3 Å². The molecule has 0 radical (unpaired) electrons. The fraction of sp³-hybridized carbons (Fsp3) is 0.407. The van der Waals surface area contributed by atoms with Gasteiger partial charge in [0, 0.05) is 37.6 Å². The van der Waals surface area contributed by atoms with Crippen LogP contribution in [0.2, 0.25) is 0 Å². The SMILES string of the molecule is O=C(c1ccco1)N(CCN1CCOCC1)CC(=O)N1CCc2sccc2C1COc1ccc(F)cc1. The quantitative estimate of drug-likeness (QED) is 0.424. The third kappa shape index (κ3) is 6.20. The third-order valence-corrected chi connectivity index (χ3v) is 7.77. The van der Waals surface area contributed by atoms with Crippen LogP contribution in [-0.4, -0.2) is 85.6 Å².